The summed E-state index contributed by atoms with van der Waals surface area (Å²) in [4.78, 5) is 6.60. The number of anilines is 1. The van der Waals surface area contributed by atoms with Crippen molar-refractivity contribution in [3.63, 3.8) is 0 Å². The molecule has 4 heteroatoms. The van der Waals surface area contributed by atoms with Gasteiger partial charge in [-0.1, -0.05) is 13.8 Å². The van der Waals surface area contributed by atoms with Crippen LogP contribution in [0.5, 0.6) is 0 Å². The van der Waals surface area contributed by atoms with Crippen LogP contribution in [0.4, 0.5) is 10.2 Å². The average Bonchev–Trinajstić information content (AvgIpc) is 2.39. The lowest BCUT2D eigenvalue weighted by Gasteiger charge is -2.35. The average molecular weight is 265 g/mol. The predicted molar refractivity (Wildman–Crippen MR) is 76.7 cm³/mol. The van der Waals surface area contributed by atoms with Crippen LogP contribution in [-0.2, 0) is 6.54 Å². The van der Waals surface area contributed by atoms with Crippen molar-refractivity contribution in [3.8, 4) is 0 Å². The van der Waals surface area contributed by atoms with E-state index in [-0.39, 0.29) is 5.82 Å². The predicted octanol–water partition coefficient (Wildman–Crippen LogP) is 2.81. The quantitative estimate of drug-likeness (QED) is 0.907. The molecule has 1 N–H and O–H groups in total. The van der Waals surface area contributed by atoms with E-state index < -0.39 is 0 Å². The molecular weight excluding hydrogens is 241 g/mol. The Bertz CT molecular complexity index is 412. The third-order valence-electron chi connectivity index (χ3n) is 4.06. The minimum Gasteiger partial charge on any atom is -0.356 e. The zero-order valence-corrected chi connectivity index (χ0v) is 12.1. The van der Waals surface area contributed by atoms with Crippen LogP contribution in [0.15, 0.2) is 12.3 Å². The van der Waals surface area contributed by atoms with Gasteiger partial charge < -0.3 is 10.2 Å². The van der Waals surface area contributed by atoms with Crippen LogP contribution in [0.25, 0.3) is 0 Å². The van der Waals surface area contributed by atoms with Crippen molar-refractivity contribution < 1.29 is 4.39 Å². The second kappa shape index (κ2) is 6.33. The largest absolute Gasteiger partial charge is 0.356 e. The molecule has 2 rings (SSSR count). The normalized spacial score (nSPS) is 17.2. The first-order valence-electron chi connectivity index (χ1n) is 7.15. The molecule has 0 aliphatic carbocycles. The van der Waals surface area contributed by atoms with E-state index in [1.54, 1.807) is 6.07 Å². The van der Waals surface area contributed by atoms with Crippen molar-refractivity contribution >= 4 is 5.82 Å². The van der Waals surface area contributed by atoms with Gasteiger partial charge in [0.2, 0.25) is 0 Å². The van der Waals surface area contributed by atoms with Gasteiger partial charge in [0.15, 0.2) is 0 Å². The zero-order valence-electron chi connectivity index (χ0n) is 12.1. The van der Waals surface area contributed by atoms with Gasteiger partial charge in [0, 0.05) is 25.2 Å². The molecule has 0 atom stereocenters. The summed E-state index contributed by atoms with van der Waals surface area (Å²) in [6, 6.07) is 1.59. The Morgan fingerprint density at radius 3 is 2.68 bits per heavy atom. The van der Waals surface area contributed by atoms with Gasteiger partial charge in [-0.2, -0.15) is 0 Å². The standard InChI is InChI=1S/C15H24FN3/c1-11(2)12-4-6-19(7-5-12)15-13(9-17-3)8-14(16)10-18-15/h8,10-12,17H,4-7,9H2,1-3H3. The number of hydrogen-bond donors (Lipinski definition) is 1. The van der Waals surface area contributed by atoms with Crippen LogP contribution in [0.3, 0.4) is 0 Å². The summed E-state index contributed by atoms with van der Waals surface area (Å²) in [5.74, 6) is 2.24. The monoisotopic (exact) mass is 265 g/mol. The number of pyridine rings is 1. The highest BCUT2D eigenvalue weighted by atomic mass is 19.1. The molecule has 1 aromatic rings. The molecule has 0 bridgehead atoms. The maximum Gasteiger partial charge on any atom is 0.141 e. The number of piperidine rings is 1. The summed E-state index contributed by atoms with van der Waals surface area (Å²) in [6.07, 6.45) is 3.73. The molecule has 19 heavy (non-hydrogen) atoms. The third kappa shape index (κ3) is 3.44. The van der Waals surface area contributed by atoms with E-state index in [1.165, 1.54) is 19.0 Å². The number of halogens is 1. The SMILES string of the molecule is CNCc1cc(F)cnc1N1CCC(C(C)C)CC1. The number of aromatic nitrogens is 1. The Kier molecular flexibility index (Phi) is 4.75. The van der Waals surface area contributed by atoms with E-state index in [4.69, 9.17) is 0 Å². The van der Waals surface area contributed by atoms with Crippen LogP contribution in [0.2, 0.25) is 0 Å². The molecule has 0 amide bonds. The molecule has 3 nitrogen and oxygen atoms in total. The maximum absolute atomic E-state index is 13.3. The summed E-state index contributed by atoms with van der Waals surface area (Å²) in [6.45, 7) is 7.30. The van der Waals surface area contributed by atoms with Gasteiger partial charge in [-0.3, -0.25) is 0 Å². The summed E-state index contributed by atoms with van der Waals surface area (Å²) >= 11 is 0. The van der Waals surface area contributed by atoms with Gasteiger partial charge >= 0.3 is 0 Å². The van der Waals surface area contributed by atoms with Crippen molar-refractivity contribution in [2.75, 3.05) is 25.0 Å². The van der Waals surface area contributed by atoms with Crippen LogP contribution in [0.1, 0.15) is 32.3 Å². The lowest BCUT2D eigenvalue weighted by molar-refractivity contribution is 0.310. The van der Waals surface area contributed by atoms with Gasteiger partial charge in [-0.15, -0.1) is 0 Å². The van der Waals surface area contributed by atoms with Crippen molar-refractivity contribution in [1.82, 2.24) is 10.3 Å². The fourth-order valence-corrected chi connectivity index (χ4v) is 2.86. The van der Waals surface area contributed by atoms with Gasteiger partial charge in [-0.25, -0.2) is 9.37 Å². The summed E-state index contributed by atoms with van der Waals surface area (Å²) in [7, 11) is 1.87. The van der Waals surface area contributed by atoms with Crippen molar-refractivity contribution in [2.24, 2.45) is 11.8 Å². The fourth-order valence-electron chi connectivity index (χ4n) is 2.86. The smallest absolute Gasteiger partial charge is 0.141 e. The fraction of sp³-hybridized carbons (Fsp3) is 0.667. The first-order chi connectivity index (χ1) is 9.11. The lowest BCUT2D eigenvalue weighted by Crippen LogP contribution is -2.36. The van der Waals surface area contributed by atoms with Gasteiger partial charge in [0.25, 0.3) is 0 Å². The van der Waals surface area contributed by atoms with E-state index in [0.717, 1.165) is 36.3 Å². The van der Waals surface area contributed by atoms with E-state index in [9.17, 15) is 4.39 Å². The topological polar surface area (TPSA) is 28.2 Å². The van der Waals surface area contributed by atoms with Crippen LogP contribution in [0, 0.1) is 17.7 Å². The second-order valence-corrected chi connectivity index (χ2v) is 5.74. The van der Waals surface area contributed by atoms with Gasteiger partial charge in [0.1, 0.15) is 11.6 Å². The van der Waals surface area contributed by atoms with Gasteiger partial charge in [-0.05, 0) is 37.8 Å². The molecular formula is C15H24FN3. The molecule has 1 aromatic heterocycles. The molecule has 0 saturated carbocycles. The van der Waals surface area contributed by atoms with Crippen LogP contribution in [-0.4, -0.2) is 25.1 Å². The van der Waals surface area contributed by atoms with Gasteiger partial charge in [0.05, 0.1) is 6.20 Å². The molecule has 0 unspecified atom stereocenters. The highest BCUT2D eigenvalue weighted by molar-refractivity contribution is 5.47. The minimum absolute atomic E-state index is 0.258. The highest BCUT2D eigenvalue weighted by Gasteiger charge is 2.23. The van der Waals surface area contributed by atoms with E-state index in [2.05, 4.69) is 29.0 Å². The first kappa shape index (κ1) is 14.3. The number of hydrogen-bond acceptors (Lipinski definition) is 3. The molecule has 0 spiro atoms. The Morgan fingerprint density at radius 1 is 1.42 bits per heavy atom. The molecule has 0 radical (unpaired) electrons. The Balaban J connectivity index is 2.10. The zero-order chi connectivity index (χ0) is 13.8. The minimum atomic E-state index is -0.258. The van der Waals surface area contributed by atoms with Crippen LogP contribution < -0.4 is 10.2 Å². The number of nitrogens with zero attached hydrogens (tertiary/aromatic N) is 2. The molecule has 0 aromatic carbocycles. The van der Waals surface area contributed by atoms with E-state index >= 15 is 0 Å². The summed E-state index contributed by atoms with van der Waals surface area (Å²) < 4.78 is 13.3. The van der Waals surface area contributed by atoms with Crippen LogP contribution >= 0.6 is 0 Å². The number of nitrogens with one attached hydrogen (secondary N) is 1. The lowest BCUT2D eigenvalue weighted by atomic mass is 9.86. The summed E-state index contributed by atoms with van der Waals surface area (Å²) in [5, 5.41) is 3.08. The van der Waals surface area contributed by atoms with Crippen molar-refractivity contribution in [3.05, 3.63) is 23.6 Å². The maximum atomic E-state index is 13.3. The number of rotatable bonds is 4. The molecule has 1 aliphatic heterocycles. The van der Waals surface area contributed by atoms with Crippen molar-refractivity contribution in [1.29, 1.82) is 0 Å². The Hall–Kier alpha value is -1.16. The molecule has 1 aliphatic rings. The molecule has 106 valence electrons. The highest BCUT2D eigenvalue weighted by Crippen LogP contribution is 2.28. The molecule has 2 heterocycles. The molecule has 1 fully saturated rings. The van der Waals surface area contributed by atoms with E-state index in [0.29, 0.717) is 6.54 Å². The molecule has 1 saturated heterocycles. The Labute approximate surface area is 115 Å². The Morgan fingerprint density at radius 2 is 2.11 bits per heavy atom. The van der Waals surface area contributed by atoms with E-state index in [1.807, 2.05) is 7.05 Å². The second-order valence-electron chi connectivity index (χ2n) is 5.74. The third-order valence-corrected chi connectivity index (χ3v) is 4.06. The first-order valence-corrected chi connectivity index (χ1v) is 7.15. The summed E-state index contributed by atoms with van der Waals surface area (Å²) in [5.41, 5.74) is 0.950. The van der Waals surface area contributed by atoms with Crippen molar-refractivity contribution in [2.45, 2.75) is 33.2 Å².